The van der Waals surface area contributed by atoms with Crippen LogP contribution < -0.4 is 10.2 Å². The summed E-state index contributed by atoms with van der Waals surface area (Å²) in [4.78, 5) is 25.1. The number of hydrogen-bond acceptors (Lipinski definition) is 12. The Bertz CT molecular complexity index is 1840. The van der Waals surface area contributed by atoms with E-state index in [1.165, 1.54) is 22.0 Å². The third-order valence-electron chi connectivity index (χ3n) is 7.44. The molecule has 258 valence electrons. The van der Waals surface area contributed by atoms with Crippen LogP contribution in [0.4, 0.5) is 29.6 Å². The minimum Gasteiger partial charge on any atom is -0.378 e. The molecule has 47 heavy (non-hydrogen) atoms. The molecular weight excluding hydrogens is 671 g/mol. The van der Waals surface area contributed by atoms with E-state index < -0.39 is 49.3 Å². The normalized spacial score (nSPS) is 17.3. The molecule has 0 atom stereocenters. The first-order valence-electron chi connectivity index (χ1n) is 14.5. The van der Waals surface area contributed by atoms with Gasteiger partial charge >= 0.3 is 12.2 Å². The van der Waals surface area contributed by atoms with E-state index in [0.717, 1.165) is 18.0 Å². The third kappa shape index (κ3) is 8.46. The number of fused-ring (bicyclic) bond motifs is 1. The third-order valence-corrected chi connectivity index (χ3v) is 9.20. The summed E-state index contributed by atoms with van der Waals surface area (Å²) in [5.74, 6) is -0.375. The zero-order chi connectivity index (χ0) is 34.1. The first kappa shape index (κ1) is 34.7. The average Bonchev–Trinajstić information content (AvgIpc) is 3.41. The van der Waals surface area contributed by atoms with Crippen LogP contribution in [0.1, 0.15) is 18.1 Å². The zero-order valence-electron chi connectivity index (χ0n) is 25.8. The van der Waals surface area contributed by atoms with Gasteiger partial charge in [-0.05, 0) is 24.6 Å². The topological polar surface area (TPSA) is 172 Å². The Hall–Kier alpha value is -3.63. The van der Waals surface area contributed by atoms with Gasteiger partial charge in [-0.15, -0.1) is 9.38 Å². The fourth-order valence-electron chi connectivity index (χ4n) is 5.23. The smallest absolute Gasteiger partial charge is 0.378 e. The first-order valence-corrected chi connectivity index (χ1v) is 18.1. The SMILES string of the molecule is CCN(OS(C)(=O)=O)C(=O)Nc1cc(C(F)(F)F)c(-c2nc(N3CCOCC3)c3cc(CN4CCN(S(C)(=O)=O)CC4)cn3n2)cn1. The van der Waals surface area contributed by atoms with Gasteiger partial charge in [0.2, 0.25) is 10.0 Å². The summed E-state index contributed by atoms with van der Waals surface area (Å²) in [6.07, 6.45) is -0.437. The summed E-state index contributed by atoms with van der Waals surface area (Å²) in [7, 11) is -7.38. The highest BCUT2D eigenvalue weighted by Crippen LogP contribution is 2.38. The molecule has 0 aromatic carbocycles. The quantitative estimate of drug-likeness (QED) is 0.319. The van der Waals surface area contributed by atoms with E-state index in [-0.39, 0.29) is 12.4 Å². The van der Waals surface area contributed by atoms with E-state index in [0.29, 0.717) is 81.5 Å². The van der Waals surface area contributed by atoms with E-state index in [1.54, 1.807) is 6.20 Å². The number of nitrogens with one attached hydrogen (secondary N) is 1. The number of carbonyl (C=O) groups is 1. The highest BCUT2D eigenvalue weighted by atomic mass is 32.2. The number of nitrogens with zero attached hydrogens (tertiary/aromatic N) is 8. The molecule has 0 bridgehead atoms. The highest BCUT2D eigenvalue weighted by Gasteiger charge is 2.36. The van der Waals surface area contributed by atoms with Gasteiger partial charge in [-0.3, -0.25) is 10.2 Å². The monoisotopic (exact) mass is 705 g/mol. The fraction of sp³-hybridized carbons (Fsp3) is 0.538. The Balaban J connectivity index is 1.49. The molecule has 16 nitrogen and oxygen atoms in total. The Labute approximate surface area is 269 Å². The summed E-state index contributed by atoms with van der Waals surface area (Å²) in [6, 6.07) is 1.33. The second-order valence-corrected chi connectivity index (χ2v) is 14.5. The Morgan fingerprint density at radius 1 is 1.06 bits per heavy atom. The van der Waals surface area contributed by atoms with Crippen LogP contribution in [0.25, 0.3) is 16.9 Å². The number of carbonyl (C=O) groups excluding carboxylic acids is 1. The molecule has 5 rings (SSSR count). The van der Waals surface area contributed by atoms with Crippen LogP contribution in [-0.2, 0) is 41.9 Å². The number of morpholine rings is 1. The lowest BCUT2D eigenvalue weighted by Gasteiger charge is -2.32. The molecule has 1 N–H and O–H groups in total. The molecule has 21 heteroatoms. The Morgan fingerprint density at radius 3 is 2.34 bits per heavy atom. The lowest BCUT2D eigenvalue weighted by atomic mass is 10.1. The number of urea groups is 1. The van der Waals surface area contributed by atoms with Gasteiger partial charge in [0, 0.05) is 64.8 Å². The summed E-state index contributed by atoms with van der Waals surface area (Å²) < 4.78 is 103. The van der Waals surface area contributed by atoms with Crippen LogP contribution in [0.3, 0.4) is 0 Å². The van der Waals surface area contributed by atoms with Crippen LogP contribution in [-0.4, -0.2) is 128 Å². The van der Waals surface area contributed by atoms with Gasteiger partial charge in [0.1, 0.15) is 11.3 Å². The molecule has 0 aliphatic carbocycles. The predicted octanol–water partition coefficient (Wildman–Crippen LogP) is 1.47. The molecule has 2 amide bonds. The average molecular weight is 706 g/mol. The lowest BCUT2D eigenvalue weighted by Crippen LogP contribution is -2.47. The number of pyridine rings is 1. The lowest BCUT2D eigenvalue weighted by molar-refractivity contribution is -0.137. The molecule has 3 aromatic heterocycles. The molecular formula is C26H34F3N9O7S2. The molecule has 0 unspecified atom stereocenters. The second-order valence-electron chi connectivity index (χ2n) is 11.0. The Kier molecular flexibility index (Phi) is 9.94. The highest BCUT2D eigenvalue weighted by molar-refractivity contribution is 7.88. The van der Waals surface area contributed by atoms with Crippen molar-refractivity contribution in [2.45, 2.75) is 19.6 Å². The number of anilines is 2. The molecule has 0 spiro atoms. The van der Waals surface area contributed by atoms with E-state index in [4.69, 9.17) is 4.74 Å². The van der Waals surface area contributed by atoms with Crippen molar-refractivity contribution < 1.29 is 43.8 Å². The van der Waals surface area contributed by atoms with Crippen molar-refractivity contribution in [3.05, 3.63) is 35.7 Å². The summed E-state index contributed by atoms with van der Waals surface area (Å²) in [6.45, 7) is 5.03. The summed E-state index contributed by atoms with van der Waals surface area (Å²) in [5.41, 5.74) is -0.254. The Morgan fingerprint density at radius 2 is 1.74 bits per heavy atom. The van der Waals surface area contributed by atoms with Crippen molar-refractivity contribution in [3.8, 4) is 11.4 Å². The number of alkyl halides is 3. The number of piperazine rings is 1. The number of hydroxylamine groups is 2. The van der Waals surface area contributed by atoms with Crippen LogP contribution in [0.2, 0.25) is 0 Å². The van der Waals surface area contributed by atoms with Gasteiger partial charge in [0.15, 0.2) is 11.6 Å². The molecule has 2 fully saturated rings. The molecule has 0 saturated carbocycles. The standard InChI is InChI=1S/C26H34F3N9O7S2/c1-4-38(45-47(3,42)43)25(39)31-22-14-20(26(27,28)29)19(15-30-22)23-32-24(35-9-11-44-12-10-35)21-13-18(17-37(21)33-23)16-34-5-7-36(8-6-34)46(2,40)41/h13-15,17H,4-12,16H2,1-3H3,(H,30,31,39). The van der Waals surface area contributed by atoms with Gasteiger partial charge in [-0.25, -0.2) is 27.7 Å². The van der Waals surface area contributed by atoms with Crippen LogP contribution >= 0.6 is 0 Å². The van der Waals surface area contributed by atoms with E-state index in [2.05, 4.69) is 29.6 Å². The van der Waals surface area contributed by atoms with Gasteiger partial charge in [-0.1, -0.05) is 0 Å². The van der Waals surface area contributed by atoms with Crippen molar-refractivity contribution in [3.63, 3.8) is 0 Å². The number of aromatic nitrogens is 4. The van der Waals surface area contributed by atoms with Crippen LogP contribution in [0.5, 0.6) is 0 Å². The second kappa shape index (κ2) is 13.5. The number of sulfonamides is 1. The van der Waals surface area contributed by atoms with Crippen LogP contribution in [0, 0.1) is 0 Å². The van der Waals surface area contributed by atoms with Gasteiger partial charge in [0.25, 0.3) is 10.1 Å². The maximum absolute atomic E-state index is 14.4. The maximum Gasteiger partial charge on any atom is 0.417 e. The fourth-order valence-corrected chi connectivity index (χ4v) is 6.55. The van der Waals surface area contributed by atoms with E-state index in [9.17, 15) is 34.8 Å². The minimum atomic E-state index is -4.92. The molecule has 3 aromatic rings. The van der Waals surface area contributed by atoms with E-state index in [1.807, 2.05) is 11.0 Å². The van der Waals surface area contributed by atoms with Crippen molar-refractivity contribution in [2.75, 3.05) is 81.8 Å². The first-order chi connectivity index (χ1) is 22.0. The number of ether oxygens (including phenoxy) is 1. The van der Waals surface area contributed by atoms with Crippen molar-refractivity contribution >= 4 is 43.3 Å². The minimum absolute atomic E-state index is 0.225. The molecule has 2 saturated heterocycles. The van der Waals surface area contributed by atoms with Crippen molar-refractivity contribution in [1.29, 1.82) is 0 Å². The van der Waals surface area contributed by atoms with Gasteiger partial charge in [0.05, 0.1) is 36.9 Å². The van der Waals surface area contributed by atoms with Crippen molar-refractivity contribution in [1.82, 2.24) is 33.9 Å². The molecule has 0 radical (unpaired) electrons. The zero-order valence-corrected chi connectivity index (χ0v) is 27.4. The molecule has 2 aliphatic rings. The maximum atomic E-state index is 14.4. The van der Waals surface area contributed by atoms with Gasteiger partial charge in [-0.2, -0.15) is 31.0 Å². The van der Waals surface area contributed by atoms with Crippen LogP contribution in [0.15, 0.2) is 24.5 Å². The summed E-state index contributed by atoms with van der Waals surface area (Å²) in [5, 5.41) is 6.98. The van der Waals surface area contributed by atoms with E-state index >= 15 is 0 Å². The number of amides is 2. The number of halogens is 3. The van der Waals surface area contributed by atoms with Gasteiger partial charge < -0.3 is 9.64 Å². The van der Waals surface area contributed by atoms with Crippen molar-refractivity contribution in [2.24, 2.45) is 0 Å². The largest absolute Gasteiger partial charge is 0.417 e. The number of rotatable bonds is 9. The molecule has 5 heterocycles. The number of hydrogen-bond donors (Lipinski definition) is 1. The molecule has 2 aliphatic heterocycles. The summed E-state index contributed by atoms with van der Waals surface area (Å²) >= 11 is 0. The predicted molar refractivity (Wildman–Crippen MR) is 163 cm³/mol.